The molecule has 18 heavy (non-hydrogen) atoms. The summed E-state index contributed by atoms with van der Waals surface area (Å²) in [5, 5.41) is 12.2. The molecule has 1 fully saturated rings. The van der Waals surface area contributed by atoms with E-state index in [1.54, 1.807) is 32.0 Å². The van der Waals surface area contributed by atoms with Crippen molar-refractivity contribution in [2.24, 2.45) is 5.92 Å². The predicted octanol–water partition coefficient (Wildman–Crippen LogP) is 1.67. The first-order chi connectivity index (χ1) is 8.40. The number of phenols is 1. The van der Waals surface area contributed by atoms with Gasteiger partial charge in [0.25, 0.3) is 0 Å². The number of amides is 1. The molecule has 1 saturated heterocycles. The van der Waals surface area contributed by atoms with Crippen LogP contribution in [0, 0.1) is 5.92 Å². The number of esters is 1. The SMILES string of the molecule is CC1(C)OC(=O)C[C@@H]1C(=O)Nc1ccccc1O. The molecule has 0 bridgehead atoms. The van der Waals surface area contributed by atoms with Crippen LogP contribution in [0.1, 0.15) is 20.3 Å². The van der Waals surface area contributed by atoms with Gasteiger partial charge in [0.1, 0.15) is 11.4 Å². The molecule has 96 valence electrons. The van der Waals surface area contributed by atoms with Crippen molar-refractivity contribution in [1.29, 1.82) is 0 Å². The van der Waals surface area contributed by atoms with Crippen LogP contribution < -0.4 is 5.32 Å². The van der Waals surface area contributed by atoms with E-state index in [1.807, 2.05) is 0 Å². The van der Waals surface area contributed by atoms with Gasteiger partial charge in [-0.15, -0.1) is 0 Å². The molecule has 0 saturated carbocycles. The summed E-state index contributed by atoms with van der Waals surface area (Å²) in [5.74, 6) is -1.26. The van der Waals surface area contributed by atoms with E-state index in [2.05, 4.69) is 5.32 Å². The number of phenolic OH excluding ortho intramolecular Hbond substituents is 1. The van der Waals surface area contributed by atoms with E-state index in [-0.39, 0.29) is 24.0 Å². The van der Waals surface area contributed by atoms with Crippen molar-refractivity contribution in [2.75, 3.05) is 5.32 Å². The third kappa shape index (κ3) is 2.30. The molecule has 2 rings (SSSR count). The largest absolute Gasteiger partial charge is 0.506 e. The van der Waals surface area contributed by atoms with E-state index in [1.165, 1.54) is 6.07 Å². The quantitative estimate of drug-likeness (QED) is 0.617. The molecule has 1 aromatic rings. The van der Waals surface area contributed by atoms with Gasteiger partial charge in [0.2, 0.25) is 5.91 Å². The number of rotatable bonds is 2. The molecule has 5 nitrogen and oxygen atoms in total. The molecule has 1 aromatic carbocycles. The van der Waals surface area contributed by atoms with Gasteiger partial charge >= 0.3 is 5.97 Å². The van der Waals surface area contributed by atoms with Crippen LogP contribution >= 0.6 is 0 Å². The van der Waals surface area contributed by atoms with Gasteiger partial charge in [0.15, 0.2) is 0 Å². The number of para-hydroxylation sites is 2. The molecule has 1 aliphatic heterocycles. The van der Waals surface area contributed by atoms with E-state index in [4.69, 9.17) is 4.74 Å². The number of aromatic hydroxyl groups is 1. The summed E-state index contributed by atoms with van der Waals surface area (Å²) in [7, 11) is 0. The molecule has 2 N–H and O–H groups in total. The van der Waals surface area contributed by atoms with Crippen molar-refractivity contribution in [3.05, 3.63) is 24.3 Å². The fourth-order valence-electron chi connectivity index (χ4n) is 2.03. The number of cyclic esters (lactones) is 1. The van der Waals surface area contributed by atoms with Gasteiger partial charge in [0, 0.05) is 0 Å². The maximum Gasteiger partial charge on any atom is 0.307 e. The van der Waals surface area contributed by atoms with E-state index in [0.29, 0.717) is 5.69 Å². The second-order valence-electron chi connectivity index (χ2n) is 4.84. The lowest BCUT2D eigenvalue weighted by molar-refractivity contribution is -0.147. The summed E-state index contributed by atoms with van der Waals surface area (Å²) in [4.78, 5) is 23.3. The van der Waals surface area contributed by atoms with Gasteiger partial charge in [-0.05, 0) is 26.0 Å². The number of carbonyl (C=O) groups is 2. The second-order valence-corrected chi connectivity index (χ2v) is 4.84. The van der Waals surface area contributed by atoms with E-state index < -0.39 is 11.5 Å². The number of carbonyl (C=O) groups excluding carboxylic acids is 2. The Hall–Kier alpha value is -2.04. The minimum absolute atomic E-state index is 0.00565. The lowest BCUT2D eigenvalue weighted by atomic mass is 9.90. The summed E-state index contributed by atoms with van der Waals surface area (Å²) >= 11 is 0. The summed E-state index contributed by atoms with van der Waals surface area (Å²) < 4.78 is 5.09. The molecular formula is C13H15NO4. The maximum atomic E-state index is 12.1. The van der Waals surface area contributed by atoms with E-state index >= 15 is 0 Å². The number of benzene rings is 1. The van der Waals surface area contributed by atoms with Crippen molar-refractivity contribution in [1.82, 2.24) is 0 Å². The van der Waals surface area contributed by atoms with Gasteiger partial charge in [-0.25, -0.2) is 0 Å². The van der Waals surface area contributed by atoms with Gasteiger partial charge < -0.3 is 15.2 Å². The third-order valence-electron chi connectivity index (χ3n) is 3.07. The van der Waals surface area contributed by atoms with Crippen LogP contribution in [0.3, 0.4) is 0 Å². The van der Waals surface area contributed by atoms with Crippen molar-refractivity contribution in [3.63, 3.8) is 0 Å². The van der Waals surface area contributed by atoms with Crippen molar-refractivity contribution < 1.29 is 19.4 Å². The molecule has 5 heteroatoms. The molecule has 1 heterocycles. The Morgan fingerprint density at radius 2 is 2.11 bits per heavy atom. The molecule has 0 radical (unpaired) electrons. The van der Waals surface area contributed by atoms with Crippen LogP contribution in [-0.4, -0.2) is 22.6 Å². The average Bonchev–Trinajstić information content (AvgIpc) is 2.55. The Morgan fingerprint density at radius 3 is 2.67 bits per heavy atom. The lowest BCUT2D eigenvalue weighted by Gasteiger charge is -2.23. The fraction of sp³-hybridized carbons (Fsp3) is 0.385. The zero-order valence-corrected chi connectivity index (χ0v) is 10.3. The first-order valence-electron chi connectivity index (χ1n) is 5.71. The normalized spacial score (nSPS) is 21.4. The summed E-state index contributed by atoms with van der Waals surface area (Å²) in [5.41, 5.74) is -0.483. The molecule has 0 spiro atoms. The minimum atomic E-state index is -0.814. The average molecular weight is 249 g/mol. The van der Waals surface area contributed by atoms with Crippen LogP contribution in [-0.2, 0) is 14.3 Å². The second kappa shape index (κ2) is 4.33. The molecular weight excluding hydrogens is 234 g/mol. The van der Waals surface area contributed by atoms with E-state index in [0.717, 1.165) is 0 Å². The zero-order chi connectivity index (χ0) is 13.3. The first kappa shape index (κ1) is 12.4. The highest BCUT2D eigenvalue weighted by Gasteiger charge is 2.46. The van der Waals surface area contributed by atoms with Gasteiger partial charge in [-0.1, -0.05) is 12.1 Å². The first-order valence-corrected chi connectivity index (χ1v) is 5.71. The Bertz CT molecular complexity index is 496. The third-order valence-corrected chi connectivity index (χ3v) is 3.07. The Morgan fingerprint density at radius 1 is 1.44 bits per heavy atom. The number of nitrogens with one attached hydrogen (secondary N) is 1. The van der Waals surface area contributed by atoms with Gasteiger partial charge in [0.05, 0.1) is 18.0 Å². The molecule has 1 aliphatic rings. The van der Waals surface area contributed by atoms with Crippen LogP contribution in [0.5, 0.6) is 5.75 Å². The molecule has 0 aliphatic carbocycles. The fourth-order valence-corrected chi connectivity index (χ4v) is 2.03. The number of ether oxygens (including phenoxy) is 1. The standard InChI is InChI=1S/C13H15NO4/c1-13(2)8(7-11(16)18-13)12(17)14-9-5-3-4-6-10(9)15/h3-6,8,15H,7H2,1-2H3,(H,14,17)/t8-/m1/s1. The minimum Gasteiger partial charge on any atom is -0.506 e. The summed E-state index contributed by atoms with van der Waals surface area (Å²) in [6.07, 6.45) is 0.0619. The molecule has 0 aromatic heterocycles. The predicted molar refractivity (Wildman–Crippen MR) is 65.0 cm³/mol. The van der Waals surface area contributed by atoms with Crippen LogP contribution in [0.4, 0.5) is 5.69 Å². The Kier molecular flexibility index (Phi) is 2.98. The lowest BCUT2D eigenvalue weighted by Crippen LogP contribution is -2.36. The highest BCUT2D eigenvalue weighted by atomic mass is 16.6. The van der Waals surface area contributed by atoms with Crippen molar-refractivity contribution >= 4 is 17.6 Å². The number of anilines is 1. The van der Waals surface area contributed by atoms with Crippen molar-refractivity contribution in [2.45, 2.75) is 25.9 Å². The van der Waals surface area contributed by atoms with Crippen LogP contribution in [0.2, 0.25) is 0 Å². The van der Waals surface area contributed by atoms with Gasteiger partial charge in [-0.3, -0.25) is 9.59 Å². The van der Waals surface area contributed by atoms with Crippen LogP contribution in [0.15, 0.2) is 24.3 Å². The molecule has 0 unspecified atom stereocenters. The van der Waals surface area contributed by atoms with Crippen molar-refractivity contribution in [3.8, 4) is 5.75 Å². The monoisotopic (exact) mass is 249 g/mol. The maximum absolute atomic E-state index is 12.1. The zero-order valence-electron chi connectivity index (χ0n) is 10.3. The summed E-state index contributed by atoms with van der Waals surface area (Å²) in [6.45, 7) is 3.40. The molecule has 1 atom stereocenters. The smallest absolute Gasteiger partial charge is 0.307 e. The highest BCUT2D eigenvalue weighted by molar-refractivity contribution is 5.97. The summed E-state index contributed by atoms with van der Waals surface area (Å²) in [6, 6.07) is 6.45. The van der Waals surface area contributed by atoms with Crippen LogP contribution in [0.25, 0.3) is 0 Å². The molecule has 1 amide bonds. The highest BCUT2D eigenvalue weighted by Crippen LogP contribution is 2.34. The topological polar surface area (TPSA) is 75.6 Å². The number of hydrogen-bond donors (Lipinski definition) is 2. The Balaban J connectivity index is 2.14. The van der Waals surface area contributed by atoms with E-state index in [9.17, 15) is 14.7 Å². The van der Waals surface area contributed by atoms with Gasteiger partial charge in [-0.2, -0.15) is 0 Å². The number of hydrogen-bond acceptors (Lipinski definition) is 4. The Labute approximate surface area is 105 Å².